The van der Waals surface area contributed by atoms with Crippen molar-refractivity contribution in [3.05, 3.63) is 59.7 Å². The second kappa shape index (κ2) is 7.09. The van der Waals surface area contributed by atoms with Crippen molar-refractivity contribution in [2.75, 3.05) is 24.5 Å². The van der Waals surface area contributed by atoms with Crippen molar-refractivity contribution >= 4 is 21.6 Å². The van der Waals surface area contributed by atoms with E-state index in [1.54, 1.807) is 27.4 Å². The number of carbonyl (C=O) groups excluding carboxylic acids is 1. The number of para-hydroxylation sites is 1. The minimum Gasteiger partial charge on any atom is -0.308 e. The Hall–Kier alpha value is -2.18. The van der Waals surface area contributed by atoms with Gasteiger partial charge in [-0.1, -0.05) is 31.2 Å². The third-order valence-corrected chi connectivity index (χ3v) is 7.49. The van der Waals surface area contributed by atoms with E-state index in [9.17, 15) is 13.2 Å². The molecule has 0 radical (unpaired) electrons. The normalized spacial score (nSPS) is 18.5. The van der Waals surface area contributed by atoms with Crippen LogP contribution in [-0.4, -0.2) is 38.3 Å². The van der Waals surface area contributed by atoms with Crippen molar-refractivity contribution in [3.63, 3.8) is 0 Å². The van der Waals surface area contributed by atoms with Crippen LogP contribution < -0.4 is 4.90 Å². The molecule has 2 heterocycles. The van der Waals surface area contributed by atoms with E-state index in [4.69, 9.17) is 0 Å². The van der Waals surface area contributed by atoms with Gasteiger partial charge in [0.1, 0.15) is 0 Å². The van der Waals surface area contributed by atoms with Gasteiger partial charge < -0.3 is 4.90 Å². The number of hydrogen-bond donors (Lipinski definition) is 0. The van der Waals surface area contributed by atoms with E-state index in [1.807, 2.05) is 24.3 Å². The average molecular weight is 385 g/mol. The summed E-state index contributed by atoms with van der Waals surface area (Å²) in [6, 6.07) is 14.3. The van der Waals surface area contributed by atoms with Crippen LogP contribution >= 0.6 is 0 Å². The quantitative estimate of drug-likeness (QED) is 0.816. The molecular formula is C21H24N2O3S. The van der Waals surface area contributed by atoms with Gasteiger partial charge in [-0.3, -0.25) is 4.79 Å². The largest absolute Gasteiger partial charge is 0.308 e. The van der Waals surface area contributed by atoms with E-state index in [0.717, 1.165) is 30.5 Å². The number of fused-ring (bicyclic) bond motifs is 1. The van der Waals surface area contributed by atoms with Gasteiger partial charge in [0.05, 0.1) is 4.90 Å². The number of amides is 1. The first-order valence-corrected chi connectivity index (χ1v) is 10.9. The summed E-state index contributed by atoms with van der Waals surface area (Å²) in [6.45, 7) is 3.86. The third kappa shape index (κ3) is 3.39. The fraction of sp³-hybridized carbons (Fsp3) is 0.381. The number of hydrogen-bond acceptors (Lipinski definition) is 3. The van der Waals surface area contributed by atoms with Gasteiger partial charge in [0.15, 0.2) is 0 Å². The van der Waals surface area contributed by atoms with E-state index >= 15 is 0 Å². The smallest absolute Gasteiger partial charge is 0.258 e. The van der Waals surface area contributed by atoms with Crippen LogP contribution in [0.2, 0.25) is 0 Å². The molecule has 0 aromatic heterocycles. The maximum atomic E-state index is 13.0. The molecule has 0 unspecified atom stereocenters. The molecule has 2 aromatic rings. The number of benzene rings is 2. The summed E-state index contributed by atoms with van der Waals surface area (Å²) in [6.07, 6.45) is 2.58. The summed E-state index contributed by atoms with van der Waals surface area (Å²) in [5.41, 5.74) is 2.48. The number of carbonyl (C=O) groups is 1. The molecule has 4 rings (SSSR count). The lowest BCUT2D eigenvalue weighted by atomic mass is 10.0. The highest BCUT2D eigenvalue weighted by molar-refractivity contribution is 7.89. The number of piperidine rings is 1. The molecule has 0 bridgehead atoms. The summed E-state index contributed by atoms with van der Waals surface area (Å²) in [5, 5.41) is 0. The van der Waals surface area contributed by atoms with Gasteiger partial charge in [0.25, 0.3) is 5.91 Å². The molecule has 6 heteroatoms. The van der Waals surface area contributed by atoms with Gasteiger partial charge in [-0.2, -0.15) is 4.31 Å². The second-order valence-electron chi connectivity index (χ2n) is 7.45. The Balaban J connectivity index is 1.60. The van der Waals surface area contributed by atoms with Gasteiger partial charge in [0, 0.05) is 30.9 Å². The summed E-state index contributed by atoms with van der Waals surface area (Å²) >= 11 is 0. The predicted octanol–water partition coefficient (Wildman–Crippen LogP) is 3.31. The van der Waals surface area contributed by atoms with Crippen molar-refractivity contribution in [2.45, 2.75) is 31.1 Å². The molecule has 0 aliphatic carbocycles. The van der Waals surface area contributed by atoms with Gasteiger partial charge in [-0.25, -0.2) is 8.42 Å². The highest BCUT2D eigenvalue weighted by Crippen LogP contribution is 2.30. The van der Waals surface area contributed by atoms with Crippen LogP contribution in [0.15, 0.2) is 53.4 Å². The molecule has 1 amide bonds. The zero-order chi connectivity index (χ0) is 19.0. The average Bonchev–Trinajstić information content (AvgIpc) is 3.12. The zero-order valence-corrected chi connectivity index (χ0v) is 16.3. The first kappa shape index (κ1) is 18.2. The van der Waals surface area contributed by atoms with Crippen LogP contribution in [0.5, 0.6) is 0 Å². The molecule has 0 N–H and O–H groups in total. The third-order valence-electron chi connectivity index (χ3n) is 5.59. The Bertz CT molecular complexity index is 963. The van der Waals surface area contributed by atoms with Crippen LogP contribution in [0.4, 0.5) is 5.69 Å². The molecule has 5 nitrogen and oxygen atoms in total. The molecule has 2 aromatic carbocycles. The summed E-state index contributed by atoms with van der Waals surface area (Å²) in [4.78, 5) is 15.0. The molecule has 142 valence electrons. The molecule has 0 saturated carbocycles. The Labute approximate surface area is 160 Å². The maximum Gasteiger partial charge on any atom is 0.258 e. The zero-order valence-electron chi connectivity index (χ0n) is 15.5. The van der Waals surface area contributed by atoms with E-state index < -0.39 is 10.0 Å². The molecule has 0 spiro atoms. The van der Waals surface area contributed by atoms with Crippen molar-refractivity contribution in [2.24, 2.45) is 5.92 Å². The lowest BCUT2D eigenvalue weighted by molar-refractivity contribution is 0.0989. The van der Waals surface area contributed by atoms with E-state index in [2.05, 4.69) is 6.92 Å². The van der Waals surface area contributed by atoms with Gasteiger partial charge >= 0.3 is 0 Å². The van der Waals surface area contributed by atoms with Crippen LogP contribution in [0.25, 0.3) is 0 Å². The molecule has 1 fully saturated rings. The number of anilines is 1. The fourth-order valence-corrected chi connectivity index (χ4v) is 5.39. The Morgan fingerprint density at radius 3 is 2.52 bits per heavy atom. The number of rotatable bonds is 3. The Morgan fingerprint density at radius 1 is 1.00 bits per heavy atom. The van der Waals surface area contributed by atoms with Gasteiger partial charge in [0.2, 0.25) is 10.0 Å². The monoisotopic (exact) mass is 384 g/mol. The molecule has 2 aliphatic rings. The number of nitrogens with zero attached hydrogens (tertiary/aromatic N) is 2. The first-order chi connectivity index (χ1) is 13.0. The summed E-state index contributed by atoms with van der Waals surface area (Å²) < 4.78 is 27.5. The van der Waals surface area contributed by atoms with Crippen molar-refractivity contribution < 1.29 is 13.2 Å². The van der Waals surface area contributed by atoms with Crippen LogP contribution in [0.3, 0.4) is 0 Å². The topological polar surface area (TPSA) is 57.7 Å². The maximum absolute atomic E-state index is 13.0. The van der Waals surface area contributed by atoms with E-state index in [0.29, 0.717) is 31.1 Å². The molecule has 1 saturated heterocycles. The second-order valence-corrected chi connectivity index (χ2v) is 9.39. The summed E-state index contributed by atoms with van der Waals surface area (Å²) in [7, 11) is -3.56. The van der Waals surface area contributed by atoms with Crippen molar-refractivity contribution in [1.29, 1.82) is 0 Å². The lowest BCUT2D eigenvalue weighted by Gasteiger charge is -2.29. The van der Waals surface area contributed by atoms with Crippen LogP contribution in [0.1, 0.15) is 35.7 Å². The van der Waals surface area contributed by atoms with Crippen LogP contribution in [0, 0.1) is 5.92 Å². The molecule has 2 aliphatic heterocycles. The number of sulfonamides is 1. The van der Waals surface area contributed by atoms with Crippen LogP contribution in [-0.2, 0) is 16.4 Å². The molecular weight excluding hydrogens is 360 g/mol. The molecule has 0 atom stereocenters. The fourth-order valence-electron chi connectivity index (χ4n) is 3.87. The minimum absolute atomic E-state index is 0.149. The van der Waals surface area contributed by atoms with Crippen molar-refractivity contribution in [1.82, 2.24) is 4.31 Å². The Morgan fingerprint density at radius 2 is 1.74 bits per heavy atom. The lowest BCUT2D eigenvalue weighted by Crippen LogP contribution is -2.38. The first-order valence-electron chi connectivity index (χ1n) is 9.47. The van der Waals surface area contributed by atoms with Gasteiger partial charge in [-0.15, -0.1) is 0 Å². The highest BCUT2D eigenvalue weighted by Gasteiger charge is 2.30. The van der Waals surface area contributed by atoms with Crippen molar-refractivity contribution in [3.8, 4) is 0 Å². The predicted molar refractivity (Wildman–Crippen MR) is 105 cm³/mol. The highest BCUT2D eigenvalue weighted by atomic mass is 32.2. The van der Waals surface area contributed by atoms with E-state index in [1.165, 1.54) is 6.07 Å². The van der Waals surface area contributed by atoms with Gasteiger partial charge in [-0.05, 0) is 55.0 Å². The van der Waals surface area contributed by atoms with E-state index in [-0.39, 0.29) is 10.8 Å². The Kier molecular flexibility index (Phi) is 4.78. The SMILES string of the molecule is CC1CCN(S(=O)(=O)c2cccc(C(=O)N3CCc4ccccc43)c2)CC1. The molecule has 27 heavy (non-hydrogen) atoms. The standard InChI is InChI=1S/C21H24N2O3S/c1-16-9-12-22(13-10-16)27(25,26)19-7-4-6-18(15-19)21(24)23-14-11-17-5-2-3-8-20(17)23/h2-8,15-16H,9-14H2,1H3. The minimum atomic E-state index is -3.56. The summed E-state index contributed by atoms with van der Waals surface area (Å²) in [5.74, 6) is 0.406.